The van der Waals surface area contributed by atoms with Crippen LogP contribution in [-0.4, -0.2) is 19.1 Å². The van der Waals surface area contributed by atoms with E-state index in [1.54, 1.807) is 0 Å². The van der Waals surface area contributed by atoms with Crippen molar-refractivity contribution in [2.24, 2.45) is 5.73 Å². The average Bonchev–Trinajstić information content (AvgIpc) is 2.27. The van der Waals surface area contributed by atoms with Gasteiger partial charge in [0, 0.05) is 31.0 Å². The standard InChI is InChI=1S/C13H16ClN3/c1-8-12(7-15)16-11-5-4-9(14)6-10(11)13(8)17(2)3/h4-6H,7,15H2,1-3H3. The Morgan fingerprint density at radius 3 is 2.65 bits per heavy atom. The van der Waals surface area contributed by atoms with Crippen LogP contribution in [0.4, 0.5) is 5.69 Å². The molecule has 1 aromatic heterocycles. The van der Waals surface area contributed by atoms with E-state index < -0.39 is 0 Å². The van der Waals surface area contributed by atoms with E-state index in [1.807, 2.05) is 39.2 Å². The second-order valence-corrected chi connectivity index (χ2v) is 4.73. The largest absolute Gasteiger partial charge is 0.377 e. The van der Waals surface area contributed by atoms with Gasteiger partial charge in [0.05, 0.1) is 16.9 Å². The van der Waals surface area contributed by atoms with Crippen LogP contribution in [0.1, 0.15) is 11.3 Å². The number of fused-ring (bicyclic) bond motifs is 1. The first-order valence-electron chi connectivity index (χ1n) is 5.50. The third-order valence-electron chi connectivity index (χ3n) is 2.90. The molecule has 1 aromatic carbocycles. The highest BCUT2D eigenvalue weighted by Gasteiger charge is 2.12. The predicted octanol–water partition coefficient (Wildman–Crippen LogP) is 2.72. The van der Waals surface area contributed by atoms with E-state index in [9.17, 15) is 0 Å². The molecule has 0 saturated carbocycles. The first-order valence-corrected chi connectivity index (χ1v) is 5.88. The maximum atomic E-state index is 6.05. The summed E-state index contributed by atoms with van der Waals surface area (Å²) in [5.74, 6) is 0. The summed E-state index contributed by atoms with van der Waals surface area (Å²) in [6, 6.07) is 5.74. The van der Waals surface area contributed by atoms with Crippen LogP contribution in [0.15, 0.2) is 18.2 Å². The van der Waals surface area contributed by atoms with Gasteiger partial charge in [0.1, 0.15) is 0 Å². The van der Waals surface area contributed by atoms with Crippen LogP contribution < -0.4 is 10.6 Å². The molecule has 2 N–H and O–H groups in total. The van der Waals surface area contributed by atoms with Gasteiger partial charge in [0.15, 0.2) is 0 Å². The first-order chi connectivity index (χ1) is 8.04. The van der Waals surface area contributed by atoms with Crippen molar-refractivity contribution in [3.05, 3.63) is 34.5 Å². The zero-order chi connectivity index (χ0) is 12.6. The number of nitrogens with two attached hydrogens (primary N) is 1. The van der Waals surface area contributed by atoms with Crippen LogP contribution in [0, 0.1) is 6.92 Å². The van der Waals surface area contributed by atoms with Gasteiger partial charge in [0.2, 0.25) is 0 Å². The highest BCUT2D eigenvalue weighted by Crippen LogP contribution is 2.31. The number of aromatic nitrogens is 1. The van der Waals surface area contributed by atoms with Crippen LogP contribution >= 0.6 is 11.6 Å². The number of benzene rings is 1. The topological polar surface area (TPSA) is 42.1 Å². The molecule has 1 heterocycles. The van der Waals surface area contributed by atoms with Crippen LogP contribution in [0.3, 0.4) is 0 Å². The summed E-state index contributed by atoms with van der Waals surface area (Å²) in [5, 5.41) is 1.79. The summed E-state index contributed by atoms with van der Waals surface area (Å²) < 4.78 is 0. The Labute approximate surface area is 106 Å². The molecule has 17 heavy (non-hydrogen) atoms. The highest BCUT2D eigenvalue weighted by atomic mass is 35.5. The van der Waals surface area contributed by atoms with Crippen LogP contribution in [0.5, 0.6) is 0 Å². The molecule has 0 spiro atoms. The van der Waals surface area contributed by atoms with E-state index in [0.29, 0.717) is 6.54 Å². The van der Waals surface area contributed by atoms with Crippen molar-refractivity contribution >= 4 is 28.2 Å². The molecule has 0 bridgehead atoms. The van der Waals surface area contributed by atoms with Crippen molar-refractivity contribution in [3.8, 4) is 0 Å². The summed E-state index contributed by atoms with van der Waals surface area (Å²) in [6.07, 6.45) is 0. The summed E-state index contributed by atoms with van der Waals surface area (Å²) >= 11 is 6.05. The van der Waals surface area contributed by atoms with Crippen molar-refractivity contribution < 1.29 is 0 Å². The second-order valence-electron chi connectivity index (χ2n) is 4.29. The van der Waals surface area contributed by atoms with Gasteiger partial charge >= 0.3 is 0 Å². The predicted molar refractivity (Wildman–Crippen MR) is 73.7 cm³/mol. The lowest BCUT2D eigenvalue weighted by molar-refractivity contribution is 0.974. The lowest BCUT2D eigenvalue weighted by Gasteiger charge is -2.20. The molecule has 0 aliphatic rings. The molecule has 4 heteroatoms. The normalized spacial score (nSPS) is 10.9. The van der Waals surface area contributed by atoms with Gasteiger partial charge in [-0.2, -0.15) is 0 Å². The van der Waals surface area contributed by atoms with E-state index in [4.69, 9.17) is 17.3 Å². The number of hydrogen-bond donors (Lipinski definition) is 1. The van der Waals surface area contributed by atoms with Gasteiger partial charge in [0.25, 0.3) is 0 Å². The zero-order valence-corrected chi connectivity index (χ0v) is 11.0. The Morgan fingerprint density at radius 1 is 1.35 bits per heavy atom. The number of anilines is 1. The SMILES string of the molecule is Cc1c(CN)nc2ccc(Cl)cc2c1N(C)C. The molecule has 2 rings (SSSR count). The molecule has 2 aromatic rings. The Morgan fingerprint density at radius 2 is 2.06 bits per heavy atom. The van der Waals surface area contributed by atoms with Gasteiger partial charge in [-0.3, -0.25) is 4.98 Å². The Hall–Kier alpha value is -1.32. The molecule has 0 unspecified atom stereocenters. The van der Waals surface area contributed by atoms with Gasteiger partial charge in [-0.25, -0.2) is 0 Å². The smallest absolute Gasteiger partial charge is 0.0728 e. The monoisotopic (exact) mass is 249 g/mol. The maximum Gasteiger partial charge on any atom is 0.0728 e. The molecule has 0 fully saturated rings. The number of halogens is 1. The van der Waals surface area contributed by atoms with Crippen LogP contribution in [0.2, 0.25) is 5.02 Å². The maximum absolute atomic E-state index is 6.05. The zero-order valence-electron chi connectivity index (χ0n) is 10.3. The molecule has 0 radical (unpaired) electrons. The van der Waals surface area contributed by atoms with Gasteiger partial charge in [-0.05, 0) is 30.7 Å². The van der Waals surface area contributed by atoms with Crippen LogP contribution in [0.25, 0.3) is 10.9 Å². The summed E-state index contributed by atoms with van der Waals surface area (Å²) in [6.45, 7) is 2.50. The van der Waals surface area contributed by atoms with Crippen molar-refractivity contribution in [3.63, 3.8) is 0 Å². The third kappa shape index (κ3) is 2.08. The minimum atomic E-state index is 0.450. The number of pyridine rings is 1. The van der Waals surface area contributed by atoms with Gasteiger partial charge < -0.3 is 10.6 Å². The molecule has 3 nitrogen and oxygen atoms in total. The number of nitrogens with zero attached hydrogens (tertiary/aromatic N) is 2. The Balaban J connectivity index is 2.87. The fourth-order valence-corrected chi connectivity index (χ4v) is 2.31. The Bertz CT molecular complexity index is 564. The lowest BCUT2D eigenvalue weighted by Crippen LogP contribution is -2.14. The van der Waals surface area contributed by atoms with E-state index in [1.165, 1.54) is 0 Å². The van der Waals surface area contributed by atoms with E-state index in [-0.39, 0.29) is 0 Å². The molecule has 90 valence electrons. The minimum absolute atomic E-state index is 0.450. The van der Waals surface area contributed by atoms with E-state index in [2.05, 4.69) is 9.88 Å². The Kier molecular flexibility index (Phi) is 3.22. The van der Waals surface area contributed by atoms with Crippen molar-refractivity contribution in [1.29, 1.82) is 0 Å². The van der Waals surface area contributed by atoms with E-state index in [0.717, 1.165) is 32.9 Å². The summed E-state index contributed by atoms with van der Waals surface area (Å²) in [5.41, 5.74) is 9.86. The van der Waals surface area contributed by atoms with Crippen molar-refractivity contribution in [2.45, 2.75) is 13.5 Å². The number of hydrogen-bond acceptors (Lipinski definition) is 3. The molecule has 0 aliphatic carbocycles. The van der Waals surface area contributed by atoms with Crippen molar-refractivity contribution in [2.75, 3.05) is 19.0 Å². The molecule has 0 saturated heterocycles. The third-order valence-corrected chi connectivity index (χ3v) is 3.13. The number of rotatable bonds is 2. The van der Waals surface area contributed by atoms with Crippen molar-refractivity contribution in [1.82, 2.24) is 4.98 Å². The van der Waals surface area contributed by atoms with Gasteiger partial charge in [-0.1, -0.05) is 11.6 Å². The summed E-state index contributed by atoms with van der Waals surface area (Å²) in [7, 11) is 4.03. The molecular formula is C13H16ClN3. The lowest BCUT2D eigenvalue weighted by atomic mass is 10.1. The molecular weight excluding hydrogens is 234 g/mol. The highest BCUT2D eigenvalue weighted by molar-refractivity contribution is 6.31. The quantitative estimate of drug-likeness (QED) is 0.890. The fourth-order valence-electron chi connectivity index (χ4n) is 2.14. The van der Waals surface area contributed by atoms with Crippen LogP contribution in [-0.2, 0) is 6.54 Å². The molecule has 0 aliphatic heterocycles. The van der Waals surface area contributed by atoms with Gasteiger partial charge in [-0.15, -0.1) is 0 Å². The van der Waals surface area contributed by atoms with E-state index >= 15 is 0 Å². The molecule has 0 amide bonds. The summed E-state index contributed by atoms with van der Waals surface area (Å²) in [4.78, 5) is 6.65. The second kappa shape index (κ2) is 4.51. The minimum Gasteiger partial charge on any atom is -0.377 e. The fraction of sp³-hybridized carbons (Fsp3) is 0.308. The molecule has 0 atom stereocenters. The first kappa shape index (κ1) is 12.1. The average molecular weight is 250 g/mol.